The number of rotatable bonds is 3. The van der Waals surface area contributed by atoms with Crippen LogP contribution in [0.2, 0.25) is 0 Å². The van der Waals surface area contributed by atoms with E-state index in [-0.39, 0.29) is 0 Å². The van der Waals surface area contributed by atoms with E-state index in [4.69, 9.17) is 0 Å². The molecular formula is C15H17NO3. The second-order valence-electron chi connectivity index (χ2n) is 4.91. The molecule has 0 radical (unpaired) electrons. The molecule has 0 N–H and O–H groups in total. The SMILES string of the molecule is COC(=O)C(=O)c1cn(C)c2ccc(C(C)C)cc12. The summed E-state index contributed by atoms with van der Waals surface area (Å²) < 4.78 is 6.35. The van der Waals surface area contributed by atoms with E-state index in [1.165, 1.54) is 7.11 Å². The molecule has 4 nitrogen and oxygen atoms in total. The Kier molecular flexibility index (Phi) is 3.42. The number of fused-ring (bicyclic) bond motifs is 1. The van der Waals surface area contributed by atoms with Crippen LogP contribution in [0.5, 0.6) is 0 Å². The van der Waals surface area contributed by atoms with Crippen LogP contribution < -0.4 is 0 Å². The van der Waals surface area contributed by atoms with Gasteiger partial charge in [0.05, 0.1) is 12.7 Å². The van der Waals surface area contributed by atoms with Gasteiger partial charge in [0.25, 0.3) is 5.78 Å². The molecule has 1 aromatic heterocycles. The van der Waals surface area contributed by atoms with Crippen LogP contribution in [-0.2, 0) is 16.6 Å². The molecule has 1 heterocycles. The van der Waals surface area contributed by atoms with Crippen molar-refractivity contribution in [2.24, 2.45) is 7.05 Å². The number of hydrogen-bond donors (Lipinski definition) is 0. The van der Waals surface area contributed by atoms with Crippen LogP contribution >= 0.6 is 0 Å². The third-order valence-corrected chi connectivity index (χ3v) is 3.30. The van der Waals surface area contributed by atoms with Crippen LogP contribution in [0.4, 0.5) is 0 Å². The van der Waals surface area contributed by atoms with Crippen molar-refractivity contribution in [3.8, 4) is 0 Å². The number of methoxy groups -OCH3 is 1. The van der Waals surface area contributed by atoms with E-state index in [9.17, 15) is 9.59 Å². The van der Waals surface area contributed by atoms with Gasteiger partial charge in [0, 0.05) is 24.1 Å². The normalized spacial score (nSPS) is 11.0. The zero-order valence-electron chi connectivity index (χ0n) is 11.6. The molecule has 0 saturated heterocycles. The molecule has 0 aliphatic rings. The minimum Gasteiger partial charge on any atom is -0.463 e. The summed E-state index contributed by atoms with van der Waals surface area (Å²) in [4.78, 5) is 23.4. The average Bonchev–Trinajstić information content (AvgIpc) is 2.73. The van der Waals surface area contributed by atoms with Crippen molar-refractivity contribution in [3.63, 3.8) is 0 Å². The van der Waals surface area contributed by atoms with Gasteiger partial charge in [-0.05, 0) is 23.6 Å². The molecule has 19 heavy (non-hydrogen) atoms. The highest BCUT2D eigenvalue weighted by atomic mass is 16.5. The summed E-state index contributed by atoms with van der Waals surface area (Å²) in [7, 11) is 3.07. The van der Waals surface area contributed by atoms with Gasteiger partial charge in [-0.2, -0.15) is 0 Å². The summed E-state index contributed by atoms with van der Waals surface area (Å²) in [6, 6.07) is 5.98. The summed E-state index contributed by atoms with van der Waals surface area (Å²) >= 11 is 0. The van der Waals surface area contributed by atoms with Crippen LogP contribution in [0.1, 0.15) is 35.7 Å². The van der Waals surface area contributed by atoms with Crippen LogP contribution in [0.25, 0.3) is 10.9 Å². The number of ether oxygens (including phenoxy) is 1. The Morgan fingerprint density at radius 1 is 1.26 bits per heavy atom. The fourth-order valence-corrected chi connectivity index (χ4v) is 2.15. The van der Waals surface area contributed by atoms with Gasteiger partial charge >= 0.3 is 5.97 Å². The molecule has 0 aliphatic carbocycles. The van der Waals surface area contributed by atoms with Gasteiger partial charge in [0.2, 0.25) is 0 Å². The van der Waals surface area contributed by atoms with E-state index < -0.39 is 11.8 Å². The van der Waals surface area contributed by atoms with Crippen molar-refractivity contribution < 1.29 is 14.3 Å². The van der Waals surface area contributed by atoms with Gasteiger partial charge in [0.1, 0.15) is 0 Å². The Morgan fingerprint density at radius 2 is 1.95 bits per heavy atom. The lowest BCUT2D eigenvalue weighted by Crippen LogP contribution is -2.15. The van der Waals surface area contributed by atoms with Crippen LogP contribution in [0.3, 0.4) is 0 Å². The predicted molar refractivity (Wildman–Crippen MR) is 73.4 cm³/mol. The Morgan fingerprint density at radius 3 is 2.53 bits per heavy atom. The molecule has 0 fully saturated rings. The van der Waals surface area contributed by atoms with Gasteiger partial charge < -0.3 is 9.30 Å². The molecule has 0 spiro atoms. The number of aromatic nitrogens is 1. The van der Waals surface area contributed by atoms with Gasteiger partial charge in [-0.1, -0.05) is 19.9 Å². The number of Topliss-reactive ketones (excluding diaryl/α,β-unsaturated/α-hetero) is 1. The summed E-state index contributed by atoms with van der Waals surface area (Å²) in [6.07, 6.45) is 1.67. The third kappa shape index (κ3) is 2.26. The largest absolute Gasteiger partial charge is 0.463 e. The number of ketones is 1. The minimum atomic E-state index is -0.831. The van der Waals surface area contributed by atoms with Gasteiger partial charge in [0.15, 0.2) is 0 Å². The number of carbonyl (C=O) groups excluding carboxylic acids is 2. The third-order valence-electron chi connectivity index (χ3n) is 3.30. The molecule has 0 atom stereocenters. The zero-order valence-corrected chi connectivity index (χ0v) is 11.6. The maximum atomic E-state index is 12.0. The molecule has 0 unspecified atom stereocenters. The molecule has 2 aromatic rings. The Labute approximate surface area is 112 Å². The standard InChI is InChI=1S/C15H17NO3/c1-9(2)10-5-6-13-11(7-10)12(8-16(13)3)14(17)15(18)19-4/h5-9H,1-4H3. The lowest BCUT2D eigenvalue weighted by atomic mass is 9.99. The Hall–Kier alpha value is -2.10. The van der Waals surface area contributed by atoms with E-state index in [1.807, 2.05) is 29.8 Å². The fraction of sp³-hybridized carbons (Fsp3) is 0.333. The minimum absolute atomic E-state index is 0.366. The van der Waals surface area contributed by atoms with Crippen molar-refractivity contribution in [1.29, 1.82) is 0 Å². The van der Waals surface area contributed by atoms with E-state index >= 15 is 0 Å². The van der Waals surface area contributed by atoms with Gasteiger partial charge in [-0.25, -0.2) is 4.79 Å². The van der Waals surface area contributed by atoms with Crippen LogP contribution in [-0.4, -0.2) is 23.4 Å². The van der Waals surface area contributed by atoms with Crippen molar-refractivity contribution in [1.82, 2.24) is 4.57 Å². The van der Waals surface area contributed by atoms with Gasteiger partial charge in [-0.15, -0.1) is 0 Å². The maximum absolute atomic E-state index is 12.0. The topological polar surface area (TPSA) is 48.3 Å². The van der Waals surface area contributed by atoms with Crippen molar-refractivity contribution in [3.05, 3.63) is 35.5 Å². The monoisotopic (exact) mass is 259 g/mol. The Balaban J connectivity index is 2.64. The van der Waals surface area contributed by atoms with Crippen LogP contribution in [0, 0.1) is 0 Å². The molecule has 0 aliphatic heterocycles. The molecule has 0 amide bonds. The molecular weight excluding hydrogens is 242 g/mol. The molecule has 1 aromatic carbocycles. The average molecular weight is 259 g/mol. The van der Waals surface area contributed by atoms with Crippen molar-refractivity contribution in [2.75, 3.05) is 7.11 Å². The fourth-order valence-electron chi connectivity index (χ4n) is 2.15. The molecule has 2 rings (SSSR count). The molecule has 0 bridgehead atoms. The first-order valence-corrected chi connectivity index (χ1v) is 6.17. The zero-order chi connectivity index (χ0) is 14.2. The van der Waals surface area contributed by atoms with E-state index in [2.05, 4.69) is 18.6 Å². The molecule has 100 valence electrons. The maximum Gasteiger partial charge on any atom is 0.379 e. The van der Waals surface area contributed by atoms with E-state index in [0.717, 1.165) is 16.5 Å². The first kappa shape index (κ1) is 13.3. The predicted octanol–water partition coefficient (Wildman–Crippen LogP) is 2.66. The summed E-state index contributed by atoms with van der Waals surface area (Å²) in [6.45, 7) is 4.18. The van der Waals surface area contributed by atoms with E-state index in [1.54, 1.807) is 6.20 Å². The van der Waals surface area contributed by atoms with Crippen LogP contribution in [0.15, 0.2) is 24.4 Å². The highest BCUT2D eigenvalue weighted by Crippen LogP contribution is 2.26. The smallest absolute Gasteiger partial charge is 0.379 e. The number of esters is 1. The lowest BCUT2D eigenvalue weighted by Gasteiger charge is -2.06. The summed E-state index contributed by atoms with van der Waals surface area (Å²) in [5.74, 6) is -1.07. The number of nitrogens with zero attached hydrogens (tertiary/aromatic N) is 1. The van der Waals surface area contributed by atoms with E-state index in [0.29, 0.717) is 11.5 Å². The second-order valence-corrected chi connectivity index (χ2v) is 4.91. The molecule has 0 saturated carbocycles. The number of carbonyl (C=O) groups is 2. The summed E-state index contributed by atoms with van der Waals surface area (Å²) in [5.41, 5.74) is 2.46. The first-order valence-electron chi connectivity index (χ1n) is 6.17. The Bertz CT molecular complexity index is 653. The quantitative estimate of drug-likeness (QED) is 0.483. The molecule has 4 heteroatoms. The van der Waals surface area contributed by atoms with Gasteiger partial charge in [-0.3, -0.25) is 4.79 Å². The van der Waals surface area contributed by atoms with Crippen molar-refractivity contribution >= 4 is 22.7 Å². The van der Waals surface area contributed by atoms with Crippen molar-refractivity contribution in [2.45, 2.75) is 19.8 Å². The highest BCUT2D eigenvalue weighted by molar-refractivity contribution is 6.43. The first-order chi connectivity index (χ1) is 8.95. The highest BCUT2D eigenvalue weighted by Gasteiger charge is 2.21. The number of aryl methyl sites for hydroxylation is 1. The lowest BCUT2D eigenvalue weighted by molar-refractivity contribution is -0.135. The summed E-state index contributed by atoms with van der Waals surface area (Å²) in [5, 5.41) is 0.795. The number of hydrogen-bond acceptors (Lipinski definition) is 3. The second kappa shape index (κ2) is 4.88. The number of benzene rings is 1.